The second kappa shape index (κ2) is 9.89. The summed E-state index contributed by atoms with van der Waals surface area (Å²) < 4.78 is 33.0. The lowest BCUT2D eigenvalue weighted by molar-refractivity contribution is -0.122. The highest BCUT2D eigenvalue weighted by molar-refractivity contribution is 7.89. The molecule has 6 nitrogen and oxygen atoms in total. The molecule has 1 saturated heterocycles. The molecule has 1 fully saturated rings. The molecule has 0 unspecified atom stereocenters. The molecular weight excluding hydrogens is 388 g/mol. The highest BCUT2D eigenvalue weighted by Gasteiger charge is 2.25. The van der Waals surface area contributed by atoms with Crippen molar-refractivity contribution in [2.45, 2.75) is 50.0 Å². The van der Waals surface area contributed by atoms with E-state index in [0.29, 0.717) is 30.9 Å². The Morgan fingerprint density at radius 2 is 1.62 bits per heavy atom. The monoisotopic (exact) mass is 416 g/mol. The van der Waals surface area contributed by atoms with Crippen LogP contribution in [-0.4, -0.2) is 37.8 Å². The third-order valence-corrected chi connectivity index (χ3v) is 6.92. The number of para-hydroxylation sites is 1. The zero-order valence-corrected chi connectivity index (χ0v) is 17.5. The highest BCUT2D eigenvalue weighted by atomic mass is 32.2. The Morgan fingerprint density at radius 3 is 2.21 bits per heavy atom. The number of amides is 1. The second-order valence-corrected chi connectivity index (χ2v) is 9.10. The summed E-state index contributed by atoms with van der Waals surface area (Å²) in [6.45, 7) is 3.01. The van der Waals surface area contributed by atoms with E-state index in [2.05, 4.69) is 5.32 Å². The summed E-state index contributed by atoms with van der Waals surface area (Å²) in [4.78, 5) is 12.8. The van der Waals surface area contributed by atoms with E-state index < -0.39 is 16.1 Å². The van der Waals surface area contributed by atoms with E-state index in [0.717, 1.165) is 25.7 Å². The summed E-state index contributed by atoms with van der Waals surface area (Å²) in [5.41, 5.74) is 0.542. The summed E-state index contributed by atoms with van der Waals surface area (Å²) in [6.07, 6.45) is 3.82. The molecule has 2 aromatic rings. The fourth-order valence-electron chi connectivity index (χ4n) is 3.35. The number of carbonyl (C=O) groups is 1. The van der Waals surface area contributed by atoms with Crippen molar-refractivity contribution in [1.29, 1.82) is 0 Å². The molecule has 0 bridgehead atoms. The van der Waals surface area contributed by atoms with Crippen molar-refractivity contribution in [2.24, 2.45) is 0 Å². The molecule has 1 heterocycles. The van der Waals surface area contributed by atoms with Crippen LogP contribution >= 0.6 is 0 Å². The normalized spacial score (nSPS) is 16.6. The molecule has 3 rings (SSSR count). The predicted molar refractivity (Wildman–Crippen MR) is 113 cm³/mol. The molecule has 1 amide bonds. The van der Waals surface area contributed by atoms with Crippen LogP contribution in [-0.2, 0) is 14.8 Å². The van der Waals surface area contributed by atoms with Crippen LogP contribution in [0.2, 0.25) is 0 Å². The molecular formula is C22H28N2O4S. The van der Waals surface area contributed by atoms with Gasteiger partial charge in [-0.25, -0.2) is 8.42 Å². The van der Waals surface area contributed by atoms with Gasteiger partial charge in [-0.1, -0.05) is 38.0 Å². The summed E-state index contributed by atoms with van der Waals surface area (Å²) in [5.74, 6) is 0.368. The molecule has 0 saturated carbocycles. The molecule has 0 radical (unpaired) electrons. The van der Waals surface area contributed by atoms with Gasteiger partial charge in [0, 0.05) is 18.8 Å². The van der Waals surface area contributed by atoms with Crippen molar-refractivity contribution in [3.8, 4) is 5.75 Å². The molecule has 156 valence electrons. The maximum atomic E-state index is 12.8. The maximum absolute atomic E-state index is 12.8. The van der Waals surface area contributed by atoms with Gasteiger partial charge in [-0.05, 0) is 55.7 Å². The lowest BCUT2D eigenvalue weighted by atomic mass is 10.2. The molecule has 1 aliphatic heterocycles. The van der Waals surface area contributed by atoms with Gasteiger partial charge in [-0.3, -0.25) is 4.79 Å². The zero-order chi connectivity index (χ0) is 20.7. The number of nitrogens with zero attached hydrogens (tertiary/aromatic N) is 1. The van der Waals surface area contributed by atoms with Gasteiger partial charge in [0.25, 0.3) is 5.91 Å². The van der Waals surface area contributed by atoms with Crippen LogP contribution in [0.3, 0.4) is 0 Å². The van der Waals surface area contributed by atoms with Crippen molar-refractivity contribution >= 4 is 21.6 Å². The first-order valence-corrected chi connectivity index (χ1v) is 11.6. The summed E-state index contributed by atoms with van der Waals surface area (Å²) in [6, 6.07) is 15.5. The Morgan fingerprint density at radius 1 is 1.00 bits per heavy atom. The van der Waals surface area contributed by atoms with E-state index in [1.54, 1.807) is 40.7 Å². The number of sulfonamides is 1. The Hall–Kier alpha value is -2.38. The molecule has 1 atom stereocenters. The van der Waals surface area contributed by atoms with Crippen LogP contribution in [0.25, 0.3) is 0 Å². The minimum atomic E-state index is -3.50. The molecule has 0 spiro atoms. The van der Waals surface area contributed by atoms with Crippen LogP contribution < -0.4 is 10.1 Å². The molecule has 7 heteroatoms. The lowest BCUT2D eigenvalue weighted by Crippen LogP contribution is -2.32. The standard InChI is InChI=1S/C22H28N2O4S/c1-2-21(28-19-10-6-5-7-11-19)22(25)23-18-12-14-20(15-13-18)29(26,27)24-16-8-3-4-9-17-24/h5-7,10-15,21H,2-4,8-9,16-17H2,1H3,(H,23,25)/t21-/m0/s1. The van der Waals surface area contributed by atoms with E-state index >= 15 is 0 Å². The third-order valence-electron chi connectivity index (χ3n) is 5.01. The molecule has 2 aromatic carbocycles. The second-order valence-electron chi connectivity index (χ2n) is 7.16. The minimum Gasteiger partial charge on any atom is -0.481 e. The predicted octanol–water partition coefficient (Wildman–Crippen LogP) is 4.05. The van der Waals surface area contributed by atoms with E-state index in [4.69, 9.17) is 4.74 Å². The Labute approximate surface area is 172 Å². The topological polar surface area (TPSA) is 75.7 Å². The maximum Gasteiger partial charge on any atom is 0.265 e. The quantitative estimate of drug-likeness (QED) is 0.739. The van der Waals surface area contributed by atoms with E-state index in [9.17, 15) is 13.2 Å². The van der Waals surface area contributed by atoms with Crippen molar-refractivity contribution in [2.75, 3.05) is 18.4 Å². The first-order valence-electron chi connectivity index (χ1n) is 10.1. The van der Waals surface area contributed by atoms with Crippen LogP contribution in [0.4, 0.5) is 5.69 Å². The lowest BCUT2D eigenvalue weighted by Gasteiger charge is -2.20. The van der Waals surface area contributed by atoms with Crippen molar-refractivity contribution in [3.05, 3.63) is 54.6 Å². The first kappa shape index (κ1) is 21.3. The molecule has 0 aromatic heterocycles. The number of hydrogen-bond donors (Lipinski definition) is 1. The van der Waals surface area contributed by atoms with E-state index in [-0.39, 0.29) is 10.8 Å². The van der Waals surface area contributed by atoms with Gasteiger partial charge in [0.05, 0.1) is 4.90 Å². The van der Waals surface area contributed by atoms with Gasteiger partial charge in [0.15, 0.2) is 6.10 Å². The molecule has 1 aliphatic rings. The summed E-state index contributed by atoms with van der Waals surface area (Å²) in [7, 11) is -3.50. The first-order chi connectivity index (χ1) is 14.0. The average Bonchev–Trinajstić information content (AvgIpc) is 3.03. The van der Waals surface area contributed by atoms with Crippen molar-refractivity contribution < 1.29 is 17.9 Å². The van der Waals surface area contributed by atoms with Crippen LogP contribution in [0.5, 0.6) is 5.75 Å². The number of hydrogen-bond acceptors (Lipinski definition) is 4. The van der Waals surface area contributed by atoms with Gasteiger partial charge < -0.3 is 10.1 Å². The molecule has 0 aliphatic carbocycles. The Bertz CT molecular complexity index is 890. The minimum absolute atomic E-state index is 0.255. The Balaban J connectivity index is 1.65. The summed E-state index contributed by atoms with van der Waals surface area (Å²) in [5, 5.41) is 2.81. The number of rotatable bonds is 7. The molecule has 1 N–H and O–H groups in total. The van der Waals surface area contributed by atoms with Crippen LogP contribution in [0, 0.1) is 0 Å². The fourth-order valence-corrected chi connectivity index (χ4v) is 4.87. The van der Waals surface area contributed by atoms with Crippen LogP contribution in [0.1, 0.15) is 39.0 Å². The number of benzene rings is 2. The number of nitrogens with one attached hydrogen (secondary N) is 1. The van der Waals surface area contributed by atoms with E-state index in [1.807, 2.05) is 25.1 Å². The zero-order valence-electron chi connectivity index (χ0n) is 16.7. The molecule has 29 heavy (non-hydrogen) atoms. The fraction of sp³-hybridized carbons (Fsp3) is 0.409. The largest absolute Gasteiger partial charge is 0.481 e. The highest BCUT2D eigenvalue weighted by Crippen LogP contribution is 2.22. The summed E-state index contributed by atoms with van der Waals surface area (Å²) >= 11 is 0. The number of anilines is 1. The van der Waals surface area contributed by atoms with Crippen LogP contribution in [0.15, 0.2) is 59.5 Å². The van der Waals surface area contributed by atoms with Crippen molar-refractivity contribution in [3.63, 3.8) is 0 Å². The van der Waals surface area contributed by atoms with E-state index in [1.165, 1.54) is 0 Å². The number of ether oxygens (including phenoxy) is 1. The third kappa shape index (κ3) is 5.58. The Kier molecular flexibility index (Phi) is 7.28. The van der Waals surface area contributed by atoms with Gasteiger partial charge in [-0.15, -0.1) is 0 Å². The average molecular weight is 417 g/mol. The van der Waals surface area contributed by atoms with Gasteiger partial charge in [0.2, 0.25) is 10.0 Å². The van der Waals surface area contributed by atoms with Gasteiger partial charge in [0.1, 0.15) is 5.75 Å². The SMILES string of the molecule is CC[C@H](Oc1ccccc1)C(=O)Nc1ccc(S(=O)(=O)N2CCCCCC2)cc1. The number of carbonyl (C=O) groups excluding carboxylic acids is 1. The van der Waals surface area contributed by atoms with Gasteiger partial charge in [-0.2, -0.15) is 4.31 Å². The smallest absolute Gasteiger partial charge is 0.265 e. The van der Waals surface area contributed by atoms with Gasteiger partial charge >= 0.3 is 0 Å². The van der Waals surface area contributed by atoms with Crippen molar-refractivity contribution in [1.82, 2.24) is 4.31 Å².